The molecule has 1 aliphatic rings. The first kappa shape index (κ1) is 15.3. The van der Waals surface area contributed by atoms with E-state index in [2.05, 4.69) is 25.3 Å². The average molecular weight is 261 g/mol. The first-order valence-corrected chi connectivity index (χ1v) is 6.77. The van der Waals surface area contributed by atoms with Crippen LogP contribution in [0.1, 0.15) is 25.7 Å². The molecule has 0 N–H and O–H groups in total. The van der Waals surface area contributed by atoms with Gasteiger partial charge in [0.25, 0.3) is 0 Å². The van der Waals surface area contributed by atoms with E-state index < -0.39 is 0 Å². The second-order valence-electron chi connectivity index (χ2n) is 4.48. The molecule has 3 nitrogen and oxygen atoms in total. The lowest BCUT2D eigenvalue weighted by Gasteiger charge is -2.20. The van der Waals surface area contributed by atoms with Crippen LogP contribution in [0.5, 0.6) is 0 Å². The van der Waals surface area contributed by atoms with Crippen molar-refractivity contribution in [2.24, 2.45) is 0 Å². The van der Waals surface area contributed by atoms with Gasteiger partial charge in [0, 0.05) is 13.1 Å². The molecule has 1 amide bonds. The molecule has 3 heteroatoms. The van der Waals surface area contributed by atoms with Crippen molar-refractivity contribution < 1.29 is 9.53 Å². The third kappa shape index (κ3) is 6.09. The van der Waals surface area contributed by atoms with Crippen LogP contribution in [0.4, 0.5) is 4.79 Å². The molecule has 0 radical (unpaired) electrons. The molecule has 0 fully saturated rings. The molecular weight excluding hydrogens is 238 g/mol. The molecule has 1 rings (SSSR count). The molecule has 0 heterocycles. The van der Waals surface area contributed by atoms with Crippen molar-refractivity contribution in [1.29, 1.82) is 0 Å². The Morgan fingerprint density at radius 1 is 1.37 bits per heavy atom. The molecule has 0 aromatic heterocycles. The Morgan fingerprint density at radius 3 is 2.84 bits per heavy atom. The quantitative estimate of drug-likeness (QED) is 0.490. The van der Waals surface area contributed by atoms with Crippen LogP contribution in [-0.2, 0) is 4.74 Å². The second kappa shape index (κ2) is 9.20. The van der Waals surface area contributed by atoms with Crippen LogP contribution in [-0.4, -0.2) is 30.7 Å². The molecule has 0 saturated heterocycles. The van der Waals surface area contributed by atoms with Crippen molar-refractivity contribution in [3.8, 4) is 0 Å². The van der Waals surface area contributed by atoms with Gasteiger partial charge in [-0.2, -0.15) is 0 Å². The van der Waals surface area contributed by atoms with Gasteiger partial charge in [0.15, 0.2) is 0 Å². The molecule has 0 aliphatic heterocycles. The van der Waals surface area contributed by atoms with E-state index in [0.717, 1.165) is 31.3 Å². The van der Waals surface area contributed by atoms with Crippen LogP contribution < -0.4 is 0 Å². The van der Waals surface area contributed by atoms with E-state index in [4.69, 9.17) is 4.74 Å². The number of unbranched alkanes of at least 4 members (excludes halogenated alkanes) is 1. The Morgan fingerprint density at radius 2 is 2.21 bits per heavy atom. The Labute approximate surface area is 115 Å². The van der Waals surface area contributed by atoms with E-state index in [0.29, 0.717) is 19.7 Å². The number of hydrogen-bond acceptors (Lipinski definition) is 2. The zero-order valence-electron chi connectivity index (χ0n) is 11.5. The largest absolute Gasteiger partial charge is 0.445 e. The van der Waals surface area contributed by atoms with E-state index in [1.165, 1.54) is 0 Å². The summed E-state index contributed by atoms with van der Waals surface area (Å²) in [6, 6.07) is 0. The topological polar surface area (TPSA) is 29.5 Å². The van der Waals surface area contributed by atoms with Crippen LogP contribution in [0.15, 0.2) is 49.1 Å². The highest BCUT2D eigenvalue weighted by atomic mass is 16.6. The van der Waals surface area contributed by atoms with Crippen LogP contribution in [0, 0.1) is 0 Å². The third-order valence-electron chi connectivity index (χ3n) is 2.88. The van der Waals surface area contributed by atoms with Gasteiger partial charge >= 0.3 is 6.09 Å². The Kier molecular flexibility index (Phi) is 7.40. The molecule has 19 heavy (non-hydrogen) atoms. The minimum atomic E-state index is -0.274. The number of allylic oxidation sites excluding steroid dienone is 3. The van der Waals surface area contributed by atoms with Crippen LogP contribution in [0.3, 0.4) is 0 Å². The highest BCUT2D eigenvalue weighted by molar-refractivity contribution is 5.68. The maximum atomic E-state index is 11.9. The minimum Gasteiger partial charge on any atom is -0.445 e. The van der Waals surface area contributed by atoms with Gasteiger partial charge in [-0.3, -0.25) is 0 Å². The van der Waals surface area contributed by atoms with Gasteiger partial charge in [0.05, 0.1) is 0 Å². The molecule has 0 bridgehead atoms. The van der Waals surface area contributed by atoms with E-state index in [1.807, 2.05) is 12.2 Å². The maximum Gasteiger partial charge on any atom is 0.410 e. The second-order valence-corrected chi connectivity index (χ2v) is 4.48. The first-order chi connectivity index (χ1) is 9.27. The van der Waals surface area contributed by atoms with Crippen molar-refractivity contribution >= 4 is 6.09 Å². The van der Waals surface area contributed by atoms with Crippen LogP contribution in [0.2, 0.25) is 0 Å². The lowest BCUT2D eigenvalue weighted by atomic mass is 10.1. The maximum absolute atomic E-state index is 11.9. The van der Waals surface area contributed by atoms with Gasteiger partial charge in [-0.1, -0.05) is 30.4 Å². The molecule has 0 unspecified atom stereocenters. The van der Waals surface area contributed by atoms with Crippen molar-refractivity contribution in [1.82, 2.24) is 4.90 Å². The third-order valence-corrected chi connectivity index (χ3v) is 2.88. The monoisotopic (exact) mass is 261 g/mol. The molecule has 0 spiro atoms. The summed E-state index contributed by atoms with van der Waals surface area (Å²) < 4.78 is 5.32. The zero-order valence-corrected chi connectivity index (χ0v) is 11.5. The number of carbonyl (C=O) groups is 1. The standard InChI is InChI=1S/C16H23NO2/c1-3-5-9-13-17(12-4-2)16(18)19-14-15-10-7-6-8-11-15/h3-4,7,10-11H,1-2,5-6,8-9,12-14H2. The highest BCUT2D eigenvalue weighted by Crippen LogP contribution is 2.10. The molecule has 0 atom stereocenters. The summed E-state index contributed by atoms with van der Waals surface area (Å²) in [5.41, 5.74) is 1.07. The summed E-state index contributed by atoms with van der Waals surface area (Å²) in [6.45, 7) is 8.89. The molecule has 104 valence electrons. The lowest BCUT2D eigenvalue weighted by molar-refractivity contribution is 0.114. The Balaban J connectivity index is 2.37. The molecule has 0 saturated carbocycles. The van der Waals surface area contributed by atoms with Gasteiger partial charge in [-0.15, -0.1) is 13.2 Å². The molecule has 0 aromatic rings. The normalized spacial score (nSPS) is 13.6. The smallest absolute Gasteiger partial charge is 0.410 e. The average Bonchev–Trinajstić information content (AvgIpc) is 2.45. The molecular formula is C16H23NO2. The number of nitrogens with zero attached hydrogens (tertiary/aromatic N) is 1. The summed E-state index contributed by atoms with van der Waals surface area (Å²) in [7, 11) is 0. The number of carbonyl (C=O) groups excluding carboxylic acids is 1. The molecule has 1 aliphatic carbocycles. The van der Waals surface area contributed by atoms with Gasteiger partial charge in [0.2, 0.25) is 0 Å². The van der Waals surface area contributed by atoms with Gasteiger partial charge < -0.3 is 9.64 Å². The van der Waals surface area contributed by atoms with Gasteiger partial charge in [0.1, 0.15) is 6.61 Å². The van der Waals surface area contributed by atoms with E-state index in [9.17, 15) is 4.79 Å². The lowest BCUT2D eigenvalue weighted by Crippen LogP contribution is -2.33. The first-order valence-electron chi connectivity index (χ1n) is 6.77. The van der Waals surface area contributed by atoms with Crippen molar-refractivity contribution in [2.75, 3.05) is 19.7 Å². The van der Waals surface area contributed by atoms with E-state index in [-0.39, 0.29) is 6.09 Å². The predicted octanol–water partition coefficient (Wildman–Crippen LogP) is 3.85. The van der Waals surface area contributed by atoms with Crippen LogP contribution in [0.25, 0.3) is 0 Å². The minimum absolute atomic E-state index is 0.274. The fourth-order valence-corrected chi connectivity index (χ4v) is 1.85. The summed E-state index contributed by atoms with van der Waals surface area (Å²) in [5, 5.41) is 0. The summed E-state index contributed by atoms with van der Waals surface area (Å²) in [4.78, 5) is 13.6. The zero-order chi connectivity index (χ0) is 13.9. The molecule has 0 aromatic carbocycles. The predicted molar refractivity (Wildman–Crippen MR) is 79.0 cm³/mol. The van der Waals surface area contributed by atoms with Crippen molar-refractivity contribution in [3.63, 3.8) is 0 Å². The fourth-order valence-electron chi connectivity index (χ4n) is 1.85. The Bertz CT molecular complexity index is 369. The van der Waals surface area contributed by atoms with Crippen molar-refractivity contribution in [2.45, 2.75) is 25.7 Å². The summed E-state index contributed by atoms with van der Waals surface area (Å²) >= 11 is 0. The number of ether oxygens (including phenoxy) is 1. The van der Waals surface area contributed by atoms with Crippen molar-refractivity contribution in [3.05, 3.63) is 49.1 Å². The fraction of sp³-hybridized carbons (Fsp3) is 0.438. The Hall–Kier alpha value is -1.77. The van der Waals surface area contributed by atoms with Gasteiger partial charge in [-0.25, -0.2) is 4.79 Å². The van der Waals surface area contributed by atoms with E-state index in [1.54, 1.807) is 11.0 Å². The SMILES string of the molecule is C=CCCCN(CC=C)C(=O)OCC1=CCCC=C1. The number of amides is 1. The summed E-state index contributed by atoms with van der Waals surface area (Å²) in [6.07, 6.45) is 13.4. The summed E-state index contributed by atoms with van der Waals surface area (Å²) in [5.74, 6) is 0. The number of hydrogen-bond donors (Lipinski definition) is 0. The van der Waals surface area contributed by atoms with Crippen LogP contribution >= 0.6 is 0 Å². The van der Waals surface area contributed by atoms with E-state index >= 15 is 0 Å². The number of rotatable bonds is 8. The highest BCUT2D eigenvalue weighted by Gasteiger charge is 2.13. The van der Waals surface area contributed by atoms with Gasteiger partial charge in [-0.05, 0) is 31.3 Å².